The van der Waals surface area contributed by atoms with Crippen LogP contribution in [0.1, 0.15) is 78.1 Å². The van der Waals surface area contributed by atoms with Crippen molar-refractivity contribution in [3.05, 3.63) is 12.0 Å². The van der Waals surface area contributed by atoms with Crippen LogP contribution in [0, 0.1) is 11.3 Å². The number of fused-ring (bicyclic) bond motifs is 1. The Morgan fingerprint density at radius 3 is 2.79 bits per heavy atom. The first-order valence-corrected chi connectivity index (χ1v) is 15.3. The number of halogens is 1. The van der Waals surface area contributed by atoms with Gasteiger partial charge >= 0.3 is 0 Å². The molecule has 0 radical (unpaired) electrons. The fourth-order valence-corrected chi connectivity index (χ4v) is 7.86. The van der Waals surface area contributed by atoms with Crippen LogP contribution in [0.25, 0.3) is 0 Å². The summed E-state index contributed by atoms with van der Waals surface area (Å²) in [6.45, 7) is 7.99. The van der Waals surface area contributed by atoms with Gasteiger partial charge in [-0.05, 0) is 56.9 Å². The van der Waals surface area contributed by atoms with Crippen molar-refractivity contribution in [2.45, 2.75) is 108 Å². The van der Waals surface area contributed by atoms with Crippen LogP contribution >= 0.6 is 0 Å². The Hall–Kier alpha value is -1.75. The zero-order valence-electron chi connectivity index (χ0n) is 24.3. The van der Waals surface area contributed by atoms with Crippen molar-refractivity contribution >= 4 is 11.8 Å². The van der Waals surface area contributed by atoms with Crippen LogP contribution in [0.5, 0.6) is 0 Å². The zero-order chi connectivity index (χ0) is 28.2. The molecule has 0 aromatic heterocycles. The van der Waals surface area contributed by atoms with E-state index in [0.717, 1.165) is 77.4 Å². The lowest BCUT2D eigenvalue weighted by atomic mass is 9.70. The number of hydrogen-bond acceptors (Lipinski definition) is 7. The molecule has 3 saturated heterocycles. The van der Waals surface area contributed by atoms with Crippen LogP contribution in [-0.2, 0) is 9.59 Å². The van der Waals surface area contributed by atoms with E-state index >= 15 is 0 Å². The largest absolute Gasteiger partial charge is 0.374 e. The second kappa shape index (κ2) is 13.3. The number of rotatable bonds is 8. The van der Waals surface area contributed by atoms with Gasteiger partial charge in [-0.1, -0.05) is 26.7 Å². The minimum absolute atomic E-state index is 0.00973. The van der Waals surface area contributed by atoms with Crippen LogP contribution < -0.4 is 22.1 Å². The maximum atomic E-state index is 14.8. The maximum Gasteiger partial charge on any atom is 0.237 e. The highest BCUT2D eigenvalue weighted by molar-refractivity contribution is 5.81. The Kier molecular flexibility index (Phi) is 10.3. The molecule has 4 heterocycles. The molecule has 4 aliphatic heterocycles. The number of amides is 2. The molecule has 6 unspecified atom stereocenters. The van der Waals surface area contributed by atoms with E-state index in [9.17, 15) is 14.0 Å². The van der Waals surface area contributed by atoms with Gasteiger partial charge in [0.25, 0.3) is 0 Å². The van der Waals surface area contributed by atoms with Gasteiger partial charge in [-0.25, -0.2) is 4.39 Å². The van der Waals surface area contributed by atoms with Gasteiger partial charge in [-0.15, -0.1) is 0 Å². The van der Waals surface area contributed by atoms with Crippen molar-refractivity contribution in [3.63, 3.8) is 0 Å². The summed E-state index contributed by atoms with van der Waals surface area (Å²) < 4.78 is 14.8. The summed E-state index contributed by atoms with van der Waals surface area (Å²) in [4.78, 5) is 33.1. The number of nitrogens with two attached hydrogens (primary N) is 2. The fraction of sp³-hybridized carbons (Fsp3) is 0.862. The van der Waals surface area contributed by atoms with Crippen molar-refractivity contribution in [1.82, 2.24) is 25.3 Å². The average molecular weight is 550 g/mol. The topological polar surface area (TPSA) is 120 Å². The SMILES string of the molecule is CCCC1(CC)CCCC(F)=CN(C)C(C(C(=O)NC2CNCCC2N2CC(=O)N3CCCC3C2)C(N)N)C1. The summed E-state index contributed by atoms with van der Waals surface area (Å²) in [5.74, 6) is -0.846. The summed E-state index contributed by atoms with van der Waals surface area (Å²) in [6, 6.07) is -0.132. The van der Waals surface area contributed by atoms with E-state index in [-0.39, 0.29) is 47.2 Å². The summed E-state index contributed by atoms with van der Waals surface area (Å²) in [5.41, 5.74) is 12.7. The van der Waals surface area contributed by atoms with Crippen molar-refractivity contribution in [1.29, 1.82) is 0 Å². The molecule has 10 heteroatoms. The first-order chi connectivity index (χ1) is 18.7. The Balaban J connectivity index is 1.55. The summed E-state index contributed by atoms with van der Waals surface area (Å²) in [5, 5.41) is 6.74. The highest BCUT2D eigenvalue weighted by Crippen LogP contribution is 2.42. The van der Waals surface area contributed by atoms with Crippen molar-refractivity contribution in [3.8, 4) is 0 Å². The van der Waals surface area contributed by atoms with Gasteiger partial charge in [0.2, 0.25) is 11.8 Å². The Morgan fingerprint density at radius 1 is 1.28 bits per heavy atom. The standard InChI is InChI=1S/C29H52FN7O2/c1-4-11-29(5-2)12-6-8-20(30)17-35(3)24(15-29)26(27(31)32)28(39)34-22-16-33-13-10-23(22)36-18-21-9-7-14-37(21)25(38)19-36/h17,21-24,26-27,33H,4-16,18-19,31-32H2,1-3H3,(H,34,39). The lowest BCUT2D eigenvalue weighted by molar-refractivity contribution is -0.139. The second-order valence-electron chi connectivity index (χ2n) is 12.6. The van der Waals surface area contributed by atoms with E-state index in [2.05, 4.69) is 29.4 Å². The third-order valence-electron chi connectivity index (χ3n) is 10.0. The van der Waals surface area contributed by atoms with E-state index in [1.54, 1.807) is 6.20 Å². The molecule has 0 aliphatic carbocycles. The summed E-state index contributed by atoms with van der Waals surface area (Å²) in [7, 11) is 1.85. The number of carbonyl (C=O) groups is 2. The highest BCUT2D eigenvalue weighted by Gasteiger charge is 2.44. The van der Waals surface area contributed by atoms with Crippen LogP contribution in [0.2, 0.25) is 0 Å². The molecule has 0 spiro atoms. The van der Waals surface area contributed by atoms with Gasteiger partial charge in [0, 0.05) is 57.4 Å². The zero-order valence-corrected chi connectivity index (χ0v) is 24.3. The fourth-order valence-electron chi connectivity index (χ4n) is 7.86. The monoisotopic (exact) mass is 549 g/mol. The molecule has 0 aromatic rings. The molecule has 6 atom stereocenters. The van der Waals surface area contributed by atoms with Crippen LogP contribution in [-0.4, -0.2) is 96.6 Å². The van der Waals surface area contributed by atoms with Gasteiger partial charge in [0.1, 0.15) is 5.83 Å². The molecular formula is C29H52FN7O2. The highest BCUT2D eigenvalue weighted by atomic mass is 19.1. The normalized spacial score (nSPS) is 33.7. The number of nitrogens with one attached hydrogen (secondary N) is 2. The van der Waals surface area contributed by atoms with Crippen molar-refractivity contribution in [2.75, 3.05) is 39.8 Å². The molecule has 4 rings (SSSR count). The smallest absolute Gasteiger partial charge is 0.237 e. The average Bonchev–Trinajstić information content (AvgIpc) is 3.38. The molecule has 0 saturated carbocycles. The second-order valence-corrected chi connectivity index (χ2v) is 12.6. The minimum atomic E-state index is -0.885. The van der Waals surface area contributed by atoms with Gasteiger partial charge in [0.15, 0.2) is 0 Å². The van der Waals surface area contributed by atoms with Gasteiger partial charge in [-0.2, -0.15) is 0 Å². The molecular weight excluding hydrogens is 497 g/mol. The first-order valence-electron chi connectivity index (χ1n) is 15.3. The Morgan fingerprint density at radius 2 is 2.08 bits per heavy atom. The molecule has 6 N–H and O–H groups in total. The van der Waals surface area contributed by atoms with Crippen molar-refractivity contribution in [2.24, 2.45) is 22.8 Å². The van der Waals surface area contributed by atoms with E-state index < -0.39 is 12.1 Å². The molecule has 0 bridgehead atoms. The number of hydrogen-bond donors (Lipinski definition) is 4. The van der Waals surface area contributed by atoms with Gasteiger partial charge in [0.05, 0.1) is 24.7 Å². The summed E-state index contributed by atoms with van der Waals surface area (Å²) in [6.07, 6.45) is 9.53. The molecule has 0 aromatic carbocycles. The van der Waals surface area contributed by atoms with Crippen LogP contribution in [0.3, 0.4) is 0 Å². The molecule has 9 nitrogen and oxygen atoms in total. The quantitative estimate of drug-likeness (QED) is 0.341. The third-order valence-corrected chi connectivity index (χ3v) is 10.0. The molecule has 3 fully saturated rings. The van der Waals surface area contributed by atoms with Gasteiger partial charge in [-0.3, -0.25) is 14.5 Å². The Bertz CT molecular complexity index is 886. The number of piperidine rings is 1. The predicted octanol–water partition coefficient (Wildman–Crippen LogP) is 1.88. The first kappa shape index (κ1) is 30.2. The summed E-state index contributed by atoms with van der Waals surface area (Å²) >= 11 is 0. The lowest BCUT2D eigenvalue weighted by Crippen LogP contribution is -2.66. The van der Waals surface area contributed by atoms with Crippen LogP contribution in [0.15, 0.2) is 12.0 Å². The number of allylic oxidation sites excluding steroid dienone is 1. The number of piperazine rings is 1. The molecule has 4 aliphatic rings. The number of nitrogens with zero attached hydrogens (tertiary/aromatic N) is 3. The molecule has 2 amide bonds. The van der Waals surface area contributed by atoms with Crippen molar-refractivity contribution < 1.29 is 14.0 Å². The number of carbonyl (C=O) groups excluding carboxylic acids is 2. The molecule has 39 heavy (non-hydrogen) atoms. The van der Waals surface area contributed by atoms with E-state index in [0.29, 0.717) is 19.5 Å². The third kappa shape index (κ3) is 6.94. The van der Waals surface area contributed by atoms with E-state index in [4.69, 9.17) is 11.5 Å². The Labute approximate surface area is 234 Å². The predicted molar refractivity (Wildman–Crippen MR) is 152 cm³/mol. The minimum Gasteiger partial charge on any atom is -0.374 e. The van der Waals surface area contributed by atoms with E-state index in [1.165, 1.54) is 0 Å². The molecule has 222 valence electrons. The van der Waals surface area contributed by atoms with Crippen LogP contribution in [0.4, 0.5) is 4.39 Å². The van der Waals surface area contributed by atoms with Gasteiger partial charge < -0.3 is 31.9 Å². The maximum absolute atomic E-state index is 14.8. The van der Waals surface area contributed by atoms with E-state index in [1.807, 2.05) is 16.8 Å². The lowest BCUT2D eigenvalue weighted by Gasteiger charge is -2.46.